The highest BCUT2D eigenvalue weighted by molar-refractivity contribution is 6.07. The highest BCUT2D eigenvalue weighted by Gasteiger charge is 2.24. The largest absolute Gasteiger partial charge is 0.492 e. The van der Waals surface area contributed by atoms with Gasteiger partial charge in [0.2, 0.25) is 0 Å². The fourth-order valence-corrected chi connectivity index (χ4v) is 3.98. The summed E-state index contributed by atoms with van der Waals surface area (Å²) in [5.74, 6) is 0.499. The van der Waals surface area contributed by atoms with Crippen LogP contribution >= 0.6 is 0 Å². The normalized spacial score (nSPS) is 17.4. The van der Waals surface area contributed by atoms with E-state index in [9.17, 15) is 4.79 Å². The zero-order valence-electron chi connectivity index (χ0n) is 15.7. The van der Waals surface area contributed by atoms with E-state index in [1.54, 1.807) is 6.08 Å². The van der Waals surface area contributed by atoms with Crippen molar-refractivity contribution in [3.63, 3.8) is 0 Å². The SMILES string of the molecule is COC(=O)/C=C1\c2ccccc2-c2ccc(OCCN3CCCCC3)cc21. The van der Waals surface area contributed by atoms with Crippen molar-refractivity contribution in [3.05, 3.63) is 59.7 Å². The molecular formula is C23H25NO3. The lowest BCUT2D eigenvalue weighted by Crippen LogP contribution is -2.33. The molecule has 1 saturated heterocycles. The van der Waals surface area contributed by atoms with E-state index in [0.717, 1.165) is 40.1 Å². The van der Waals surface area contributed by atoms with Crippen LogP contribution in [0.2, 0.25) is 0 Å². The monoisotopic (exact) mass is 363 g/mol. The lowest BCUT2D eigenvalue weighted by Gasteiger charge is -2.26. The van der Waals surface area contributed by atoms with Crippen molar-refractivity contribution in [2.75, 3.05) is 33.4 Å². The number of carbonyl (C=O) groups is 1. The van der Waals surface area contributed by atoms with Crippen LogP contribution < -0.4 is 4.74 Å². The van der Waals surface area contributed by atoms with Crippen LogP contribution in [0, 0.1) is 0 Å². The van der Waals surface area contributed by atoms with Gasteiger partial charge in [0.05, 0.1) is 7.11 Å². The van der Waals surface area contributed by atoms with Crippen LogP contribution in [0.3, 0.4) is 0 Å². The van der Waals surface area contributed by atoms with Crippen molar-refractivity contribution in [3.8, 4) is 16.9 Å². The van der Waals surface area contributed by atoms with Gasteiger partial charge in [0.1, 0.15) is 12.4 Å². The number of carbonyl (C=O) groups excluding carboxylic acids is 1. The van der Waals surface area contributed by atoms with Gasteiger partial charge in [-0.15, -0.1) is 0 Å². The summed E-state index contributed by atoms with van der Waals surface area (Å²) in [5, 5.41) is 0. The molecule has 1 heterocycles. The van der Waals surface area contributed by atoms with Gasteiger partial charge in [0, 0.05) is 12.6 Å². The molecular weight excluding hydrogens is 338 g/mol. The molecule has 0 amide bonds. The Balaban J connectivity index is 1.55. The van der Waals surface area contributed by atoms with Crippen molar-refractivity contribution in [1.29, 1.82) is 0 Å². The van der Waals surface area contributed by atoms with Crippen LogP contribution in [0.4, 0.5) is 0 Å². The van der Waals surface area contributed by atoms with E-state index in [-0.39, 0.29) is 5.97 Å². The number of ether oxygens (including phenoxy) is 2. The predicted molar refractivity (Wildman–Crippen MR) is 107 cm³/mol. The predicted octanol–water partition coefficient (Wildman–Crippen LogP) is 4.14. The maximum absolute atomic E-state index is 11.9. The summed E-state index contributed by atoms with van der Waals surface area (Å²) >= 11 is 0. The van der Waals surface area contributed by atoms with Crippen molar-refractivity contribution in [2.24, 2.45) is 0 Å². The number of nitrogens with zero attached hydrogens (tertiary/aromatic N) is 1. The molecule has 0 atom stereocenters. The van der Waals surface area contributed by atoms with Crippen LogP contribution in [0.15, 0.2) is 48.5 Å². The molecule has 0 spiro atoms. The number of methoxy groups -OCH3 is 1. The molecule has 0 bridgehead atoms. The summed E-state index contributed by atoms with van der Waals surface area (Å²) in [6, 6.07) is 14.3. The maximum Gasteiger partial charge on any atom is 0.331 e. The molecule has 4 rings (SSSR count). The number of hydrogen-bond donors (Lipinski definition) is 0. The minimum Gasteiger partial charge on any atom is -0.492 e. The van der Waals surface area contributed by atoms with Gasteiger partial charge in [-0.3, -0.25) is 4.90 Å². The number of benzene rings is 2. The van der Waals surface area contributed by atoms with Crippen LogP contribution in [-0.4, -0.2) is 44.2 Å². The minimum atomic E-state index is -0.343. The molecule has 0 N–H and O–H groups in total. The standard InChI is InChI=1S/C23H25NO3/c1-26-23(25)16-22-19-8-4-3-7-18(19)20-10-9-17(15-21(20)22)27-14-13-24-11-5-2-6-12-24/h3-4,7-10,15-16H,2,5-6,11-14H2,1H3/b22-16+. The third-order valence-corrected chi connectivity index (χ3v) is 5.38. The Morgan fingerprint density at radius 2 is 1.74 bits per heavy atom. The first kappa shape index (κ1) is 17.8. The zero-order valence-corrected chi connectivity index (χ0v) is 15.7. The lowest BCUT2D eigenvalue weighted by molar-refractivity contribution is -0.134. The molecule has 0 unspecified atom stereocenters. The first-order valence-electron chi connectivity index (χ1n) is 9.65. The molecule has 2 aromatic rings. The van der Waals surface area contributed by atoms with Gasteiger partial charge in [0.25, 0.3) is 0 Å². The fourth-order valence-electron chi connectivity index (χ4n) is 3.98. The van der Waals surface area contributed by atoms with Gasteiger partial charge in [-0.05, 0) is 65.9 Å². The summed E-state index contributed by atoms with van der Waals surface area (Å²) < 4.78 is 10.9. The van der Waals surface area contributed by atoms with E-state index in [4.69, 9.17) is 9.47 Å². The number of rotatable bonds is 5. The van der Waals surface area contributed by atoms with Crippen LogP contribution in [0.1, 0.15) is 30.4 Å². The average Bonchev–Trinajstić information content (AvgIpc) is 3.02. The minimum absolute atomic E-state index is 0.343. The summed E-state index contributed by atoms with van der Waals surface area (Å²) in [6.07, 6.45) is 5.50. The molecule has 4 heteroatoms. The summed E-state index contributed by atoms with van der Waals surface area (Å²) in [4.78, 5) is 14.4. The molecule has 0 aromatic heterocycles. The van der Waals surface area contributed by atoms with E-state index in [1.807, 2.05) is 30.3 Å². The molecule has 1 fully saturated rings. The summed E-state index contributed by atoms with van der Waals surface area (Å²) in [7, 11) is 1.40. The Labute approximate surface area is 160 Å². The zero-order chi connectivity index (χ0) is 18.6. The lowest BCUT2D eigenvalue weighted by atomic mass is 10.0. The quantitative estimate of drug-likeness (QED) is 0.505. The second-order valence-corrected chi connectivity index (χ2v) is 7.08. The highest BCUT2D eigenvalue weighted by atomic mass is 16.5. The molecule has 1 aliphatic carbocycles. The molecule has 4 nitrogen and oxygen atoms in total. The molecule has 0 radical (unpaired) electrons. The van der Waals surface area contributed by atoms with Gasteiger partial charge < -0.3 is 9.47 Å². The number of likely N-dealkylation sites (tertiary alicyclic amines) is 1. The molecule has 0 saturated carbocycles. The Hall–Kier alpha value is -2.59. The van der Waals surface area contributed by atoms with Gasteiger partial charge in [-0.1, -0.05) is 36.8 Å². The van der Waals surface area contributed by atoms with Crippen molar-refractivity contribution in [2.45, 2.75) is 19.3 Å². The second-order valence-electron chi connectivity index (χ2n) is 7.08. The average molecular weight is 363 g/mol. The highest BCUT2D eigenvalue weighted by Crippen LogP contribution is 2.45. The van der Waals surface area contributed by atoms with Gasteiger partial charge in [-0.25, -0.2) is 4.79 Å². The third-order valence-electron chi connectivity index (χ3n) is 5.38. The van der Waals surface area contributed by atoms with Crippen molar-refractivity contribution >= 4 is 11.5 Å². The topological polar surface area (TPSA) is 38.8 Å². The molecule has 2 aromatic carbocycles. The van der Waals surface area contributed by atoms with Crippen LogP contribution in [0.25, 0.3) is 16.7 Å². The molecule has 1 aliphatic heterocycles. The Bertz CT molecular complexity index is 866. The Morgan fingerprint density at radius 3 is 2.52 bits per heavy atom. The first-order chi connectivity index (χ1) is 13.3. The number of fused-ring (bicyclic) bond motifs is 3. The Morgan fingerprint density at radius 1 is 1.00 bits per heavy atom. The van der Waals surface area contributed by atoms with Crippen molar-refractivity contribution < 1.29 is 14.3 Å². The van der Waals surface area contributed by atoms with E-state index >= 15 is 0 Å². The van der Waals surface area contributed by atoms with Gasteiger partial charge in [-0.2, -0.15) is 0 Å². The first-order valence-corrected chi connectivity index (χ1v) is 9.65. The smallest absolute Gasteiger partial charge is 0.331 e. The summed E-state index contributed by atoms with van der Waals surface area (Å²) in [5.41, 5.74) is 5.25. The third kappa shape index (κ3) is 3.76. The van der Waals surface area contributed by atoms with Crippen LogP contribution in [-0.2, 0) is 9.53 Å². The van der Waals surface area contributed by atoms with E-state index in [1.165, 1.54) is 39.5 Å². The van der Waals surface area contributed by atoms with E-state index in [0.29, 0.717) is 6.61 Å². The summed E-state index contributed by atoms with van der Waals surface area (Å²) in [6.45, 7) is 3.99. The van der Waals surface area contributed by atoms with Gasteiger partial charge >= 0.3 is 5.97 Å². The Kier molecular flexibility index (Phi) is 5.26. The van der Waals surface area contributed by atoms with Crippen molar-refractivity contribution in [1.82, 2.24) is 4.90 Å². The van der Waals surface area contributed by atoms with Gasteiger partial charge in [0.15, 0.2) is 0 Å². The fraction of sp³-hybridized carbons (Fsp3) is 0.348. The van der Waals surface area contributed by atoms with E-state index < -0.39 is 0 Å². The molecule has 140 valence electrons. The second kappa shape index (κ2) is 7.97. The number of esters is 1. The number of hydrogen-bond acceptors (Lipinski definition) is 4. The molecule has 27 heavy (non-hydrogen) atoms. The van der Waals surface area contributed by atoms with E-state index in [2.05, 4.69) is 17.0 Å². The number of piperidine rings is 1. The van der Waals surface area contributed by atoms with Crippen LogP contribution in [0.5, 0.6) is 5.75 Å². The molecule has 2 aliphatic rings. The maximum atomic E-state index is 11.9.